The molecule has 1 aliphatic carbocycles. The lowest BCUT2D eigenvalue weighted by Crippen LogP contribution is -2.30. The van der Waals surface area contributed by atoms with Gasteiger partial charge in [0, 0.05) is 21.2 Å². The molecule has 3 heteroatoms. The second-order valence-corrected chi connectivity index (χ2v) is 9.52. The van der Waals surface area contributed by atoms with Gasteiger partial charge in [0.25, 0.3) is 0 Å². The van der Waals surface area contributed by atoms with Crippen molar-refractivity contribution in [3.05, 3.63) is 78.4 Å². The molecule has 1 aliphatic rings. The van der Waals surface area contributed by atoms with E-state index in [-0.39, 0.29) is 16.4 Å². The predicted octanol–water partition coefficient (Wildman–Crippen LogP) is 6.83. The van der Waals surface area contributed by atoms with Crippen LogP contribution in [0.25, 0.3) is 25.1 Å². The van der Waals surface area contributed by atoms with E-state index in [1.807, 2.05) is 12.1 Å². The molecule has 3 aromatic carbocycles. The minimum absolute atomic E-state index is 0.160. The smallest absolute Gasteiger partial charge is 0.339 e. The van der Waals surface area contributed by atoms with Crippen LogP contribution in [0.5, 0.6) is 0 Å². The van der Waals surface area contributed by atoms with Crippen molar-refractivity contribution in [3.8, 4) is 17.2 Å². The number of fused-ring (bicyclic) bond motifs is 3. The maximum atomic E-state index is 12.7. The number of rotatable bonds is 3. The summed E-state index contributed by atoms with van der Waals surface area (Å²) in [4.78, 5) is 13.9. The van der Waals surface area contributed by atoms with Gasteiger partial charge in [-0.15, -0.1) is 6.42 Å². The molecule has 4 aromatic rings. The summed E-state index contributed by atoms with van der Waals surface area (Å²) in [7, 11) is -0.160. The monoisotopic (exact) mass is 397 g/mol. The van der Waals surface area contributed by atoms with Crippen molar-refractivity contribution in [2.24, 2.45) is 0 Å². The van der Waals surface area contributed by atoms with Gasteiger partial charge in [-0.2, -0.15) is 0 Å². The zero-order valence-electron chi connectivity index (χ0n) is 16.1. The summed E-state index contributed by atoms with van der Waals surface area (Å²) >= 11 is 0. The van der Waals surface area contributed by atoms with E-state index in [0.29, 0.717) is 5.56 Å². The molecule has 0 bridgehead atoms. The van der Waals surface area contributed by atoms with Gasteiger partial charge < -0.3 is 4.74 Å². The van der Waals surface area contributed by atoms with Gasteiger partial charge in [0.15, 0.2) is 19.9 Å². The number of thiophene rings is 1. The van der Waals surface area contributed by atoms with Crippen LogP contribution in [0.1, 0.15) is 36.0 Å². The minimum Gasteiger partial charge on any atom is -0.442 e. The molecule has 1 saturated carbocycles. The van der Waals surface area contributed by atoms with Gasteiger partial charge in [0.2, 0.25) is 0 Å². The van der Waals surface area contributed by atoms with Crippen molar-refractivity contribution < 1.29 is 9.53 Å². The highest BCUT2D eigenvalue weighted by atomic mass is 32.2. The van der Waals surface area contributed by atoms with Crippen LogP contribution < -0.4 is 0 Å². The molecule has 5 rings (SSSR count). The molecule has 0 N–H and O–H groups in total. The Labute approximate surface area is 173 Å². The van der Waals surface area contributed by atoms with Crippen molar-refractivity contribution in [2.75, 3.05) is 0 Å². The van der Waals surface area contributed by atoms with Gasteiger partial charge in [-0.25, -0.2) is 4.79 Å². The zero-order valence-corrected chi connectivity index (χ0v) is 16.9. The topological polar surface area (TPSA) is 26.3 Å². The van der Waals surface area contributed by atoms with E-state index in [1.165, 1.54) is 25.1 Å². The molecule has 0 amide bonds. The Morgan fingerprint density at radius 3 is 1.97 bits per heavy atom. The number of benzene rings is 3. The van der Waals surface area contributed by atoms with E-state index in [2.05, 4.69) is 66.6 Å². The number of hydrogen-bond acceptors (Lipinski definition) is 2. The van der Waals surface area contributed by atoms with Crippen molar-refractivity contribution in [1.82, 2.24) is 0 Å². The molecule has 0 saturated heterocycles. The fourth-order valence-electron chi connectivity index (χ4n) is 4.29. The van der Waals surface area contributed by atoms with Crippen LogP contribution in [0.4, 0.5) is 0 Å². The highest BCUT2D eigenvalue weighted by molar-refractivity contribution is 7.50. The Bertz CT molecular complexity index is 1200. The summed E-state index contributed by atoms with van der Waals surface area (Å²) in [6, 6.07) is 25.0. The van der Waals surface area contributed by atoms with Crippen molar-refractivity contribution in [2.45, 2.75) is 31.3 Å². The molecule has 1 aromatic heterocycles. The molecular formula is C26H21O2S+. The van der Waals surface area contributed by atoms with Crippen molar-refractivity contribution >= 4 is 36.6 Å². The highest BCUT2D eigenvalue weighted by Crippen LogP contribution is 2.48. The number of ether oxygens (including phenoxy) is 1. The highest BCUT2D eigenvalue weighted by Gasteiger charge is 2.36. The van der Waals surface area contributed by atoms with Crippen molar-refractivity contribution in [3.63, 3.8) is 0 Å². The Morgan fingerprint density at radius 2 is 1.41 bits per heavy atom. The SMILES string of the molecule is C#CC1(OC(=O)c2ccc(-[s+]3c4ccccc4c4ccccc43)cc2)CCCC1. The van der Waals surface area contributed by atoms with Crippen LogP contribution in [0.15, 0.2) is 72.8 Å². The predicted molar refractivity (Wildman–Crippen MR) is 121 cm³/mol. The lowest BCUT2D eigenvalue weighted by atomic mass is 10.0. The van der Waals surface area contributed by atoms with E-state index >= 15 is 0 Å². The molecule has 29 heavy (non-hydrogen) atoms. The van der Waals surface area contributed by atoms with Gasteiger partial charge in [-0.05, 0) is 74.2 Å². The molecular weight excluding hydrogens is 376 g/mol. The average molecular weight is 398 g/mol. The molecule has 1 heterocycles. The number of carbonyl (C=O) groups excluding carboxylic acids is 1. The van der Waals surface area contributed by atoms with Gasteiger partial charge in [0.05, 0.1) is 5.56 Å². The second-order valence-electron chi connectivity index (χ2n) is 7.56. The van der Waals surface area contributed by atoms with Crippen molar-refractivity contribution in [1.29, 1.82) is 0 Å². The summed E-state index contributed by atoms with van der Waals surface area (Å²) in [5.41, 5.74) is -0.166. The number of carbonyl (C=O) groups is 1. The van der Waals surface area contributed by atoms with Crippen LogP contribution in [-0.2, 0) is 4.74 Å². The molecule has 1 fully saturated rings. The first-order chi connectivity index (χ1) is 14.2. The van der Waals surface area contributed by atoms with Gasteiger partial charge in [0.1, 0.15) is 0 Å². The standard InChI is InChI=1S/C26H21O2S/c1-2-26(17-7-8-18-26)28-25(27)19-13-15-20(16-14-19)29-23-11-5-3-9-21(23)22-10-4-6-12-24(22)29/h1,3-6,9-16H,7-8,17-18H2/q+1. The van der Waals surface area contributed by atoms with Gasteiger partial charge >= 0.3 is 5.97 Å². The summed E-state index contributed by atoms with van der Waals surface area (Å²) in [6.07, 6.45) is 9.20. The fourth-order valence-corrected chi connectivity index (χ4v) is 6.67. The molecule has 0 unspecified atom stereocenters. The Kier molecular flexibility index (Phi) is 4.38. The first-order valence-electron chi connectivity index (χ1n) is 9.95. The third kappa shape index (κ3) is 3.01. The molecule has 0 atom stereocenters. The van der Waals surface area contributed by atoms with Crippen LogP contribution in [0.2, 0.25) is 0 Å². The number of esters is 1. The molecule has 2 nitrogen and oxygen atoms in total. The van der Waals surface area contributed by atoms with Gasteiger partial charge in [-0.1, -0.05) is 30.2 Å². The molecule has 142 valence electrons. The minimum atomic E-state index is -0.721. The summed E-state index contributed by atoms with van der Waals surface area (Å²) in [5.74, 6) is 2.39. The largest absolute Gasteiger partial charge is 0.442 e. The molecule has 0 spiro atoms. The Morgan fingerprint density at radius 1 is 0.862 bits per heavy atom. The summed E-state index contributed by atoms with van der Waals surface area (Å²) < 4.78 is 8.41. The Balaban J connectivity index is 1.52. The summed E-state index contributed by atoms with van der Waals surface area (Å²) in [5, 5.41) is 2.60. The number of terminal acetylenes is 1. The molecule has 0 radical (unpaired) electrons. The third-order valence-electron chi connectivity index (χ3n) is 5.79. The first-order valence-corrected chi connectivity index (χ1v) is 11.2. The van der Waals surface area contributed by atoms with Crippen LogP contribution in [0.3, 0.4) is 0 Å². The molecule has 0 aliphatic heterocycles. The summed E-state index contributed by atoms with van der Waals surface area (Å²) in [6.45, 7) is 0. The van der Waals surface area contributed by atoms with E-state index in [0.717, 1.165) is 25.7 Å². The van der Waals surface area contributed by atoms with Crippen LogP contribution >= 0.6 is 10.5 Å². The lowest BCUT2D eigenvalue weighted by Gasteiger charge is -2.22. The Hall–Kier alpha value is -3.09. The first kappa shape index (κ1) is 18.0. The van der Waals surface area contributed by atoms with Crippen LogP contribution in [-0.4, -0.2) is 11.6 Å². The van der Waals surface area contributed by atoms with Gasteiger partial charge in [-0.3, -0.25) is 0 Å². The van der Waals surface area contributed by atoms with E-state index in [9.17, 15) is 4.79 Å². The maximum Gasteiger partial charge on any atom is 0.339 e. The maximum absolute atomic E-state index is 12.7. The van der Waals surface area contributed by atoms with E-state index in [4.69, 9.17) is 11.2 Å². The van der Waals surface area contributed by atoms with E-state index in [1.54, 1.807) is 0 Å². The van der Waals surface area contributed by atoms with E-state index < -0.39 is 5.60 Å². The lowest BCUT2D eigenvalue weighted by molar-refractivity contribution is 0.0104. The average Bonchev–Trinajstić information content (AvgIpc) is 3.37. The quantitative estimate of drug-likeness (QED) is 0.215. The zero-order chi connectivity index (χ0) is 19.8. The normalized spacial score (nSPS) is 15.4. The fraction of sp³-hybridized carbons (Fsp3) is 0.192. The second kappa shape index (κ2) is 7.06. The third-order valence-corrected chi connectivity index (χ3v) is 8.13. The van der Waals surface area contributed by atoms with Crippen LogP contribution in [0, 0.1) is 12.3 Å². The number of hydrogen-bond donors (Lipinski definition) is 0.